The van der Waals surface area contributed by atoms with E-state index in [1.807, 2.05) is 0 Å². The molecule has 84 valence electrons. The zero-order chi connectivity index (χ0) is 11.0. The van der Waals surface area contributed by atoms with Gasteiger partial charge in [-0.05, 0) is 19.1 Å². The topological polar surface area (TPSA) is 27.7 Å². The van der Waals surface area contributed by atoms with E-state index in [0.29, 0.717) is 0 Å². The monoisotopic (exact) mass is 234 g/mol. The van der Waals surface area contributed by atoms with Gasteiger partial charge >= 0.3 is 0 Å². The summed E-state index contributed by atoms with van der Waals surface area (Å²) in [6.45, 7) is 9.39. The molecule has 0 aliphatic carbocycles. The molecule has 0 saturated carbocycles. The highest BCUT2D eigenvalue weighted by atomic mass is 29.3. The Morgan fingerprint density at radius 2 is 1.57 bits per heavy atom. The lowest BCUT2D eigenvalue weighted by Crippen LogP contribution is -2.66. The smallest absolute Gasteiger partial charge is 0.272 e. The van der Waals surface area contributed by atoms with Crippen LogP contribution >= 0.6 is 0 Å². The number of hydrogen-bond donors (Lipinski definition) is 0. The standard InChI is InChI=1S/C9H22O3Si2/c1-10-9(11-2)7-8-13(3,4)14(5,6)12-9/h7-8H2,1-6H3. The minimum atomic E-state index is -1.61. The fourth-order valence-electron chi connectivity index (χ4n) is 1.72. The Balaban J connectivity index is 2.86. The summed E-state index contributed by atoms with van der Waals surface area (Å²) in [4.78, 5) is 0. The predicted molar refractivity (Wildman–Crippen MR) is 62.2 cm³/mol. The maximum Gasteiger partial charge on any atom is 0.272 e. The van der Waals surface area contributed by atoms with Gasteiger partial charge in [-0.3, -0.25) is 0 Å². The number of rotatable bonds is 2. The van der Waals surface area contributed by atoms with E-state index in [1.54, 1.807) is 14.2 Å². The Morgan fingerprint density at radius 1 is 1.07 bits per heavy atom. The molecular formula is C9H22O3Si2. The van der Waals surface area contributed by atoms with Crippen LogP contribution in [0.15, 0.2) is 0 Å². The molecule has 1 rings (SSSR count). The predicted octanol–water partition coefficient (Wildman–Crippen LogP) is 2.35. The fourth-order valence-corrected chi connectivity index (χ4v) is 8.05. The summed E-state index contributed by atoms with van der Waals surface area (Å²) in [5.41, 5.74) is 0. The van der Waals surface area contributed by atoms with Gasteiger partial charge in [0, 0.05) is 20.6 Å². The van der Waals surface area contributed by atoms with Gasteiger partial charge in [-0.15, -0.1) is 0 Å². The number of ether oxygens (including phenoxy) is 2. The van der Waals surface area contributed by atoms with Crippen molar-refractivity contribution in [3.8, 4) is 0 Å². The van der Waals surface area contributed by atoms with Crippen LogP contribution in [0.1, 0.15) is 6.42 Å². The summed E-state index contributed by atoms with van der Waals surface area (Å²) in [5, 5.41) is 0. The van der Waals surface area contributed by atoms with E-state index in [0.717, 1.165) is 6.42 Å². The van der Waals surface area contributed by atoms with Gasteiger partial charge < -0.3 is 13.9 Å². The first-order valence-corrected chi connectivity index (χ1v) is 12.2. The van der Waals surface area contributed by atoms with Crippen molar-refractivity contribution in [3.63, 3.8) is 0 Å². The van der Waals surface area contributed by atoms with Crippen molar-refractivity contribution in [2.75, 3.05) is 14.2 Å². The molecule has 0 radical (unpaired) electrons. The van der Waals surface area contributed by atoms with Crippen LogP contribution in [0, 0.1) is 0 Å². The van der Waals surface area contributed by atoms with Gasteiger partial charge in [0.1, 0.15) is 0 Å². The fraction of sp³-hybridized carbons (Fsp3) is 1.00. The van der Waals surface area contributed by atoms with E-state index in [4.69, 9.17) is 13.9 Å². The highest BCUT2D eigenvalue weighted by Gasteiger charge is 2.54. The zero-order valence-electron chi connectivity index (χ0n) is 10.1. The Morgan fingerprint density at radius 3 is 1.93 bits per heavy atom. The van der Waals surface area contributed by atoms with Crippen molar-refractivity contribution in [3.05, 3.63) is 0 Å². The van der Waals surface area contributed by atoms with Crippen LogP contribution in [-0.4, -0.2) is 35.6 Å². The minimum absolute atomic E-state index is 0.752. The molecule has 0 aromatic carbocycles. The first kappa shape index (κ1) is 12.4. The molecule has 0 N–H and O–H groups in total. The normalized spacial score (nSPS) is 28.7. The highest BCUT2D eigenvalue weighted by molar-refractivity contribution is 7.38. The summed E-state index contributed by atoms with van der Waals surface area (Å²) in [6.07, 6.45) is 0.871. The van der Waals surface area contributed by atoms with Crippen LogP contribution in [0.4, 0.5) is 0 Å². The molecule has 0 unspecified atom stereocenters. The Bertz CT molecular complexity index is 212. The first-order valence-electron chi connectivity index (χ1n) is 5.09. The van der Waals surface area contributed by atoms with Crippen molar-refractivity contribution >= 4 is 15.4 Å². The lowest BCUT2D eigenvalue weighted by Gasteiger charge is -2.49. The van der Waals surface area contributed by atoms with Crippen LogP contribution in [0.25, 0.3) is 0 Å². The third-order valence-electron chi connectivity index (χ3n) is 3.72. The van der Waals surface area contributed by atoms with E-state index in [-0.39, 0.29) is 0 Å². The molecule has 0 aromatic rings. The second-order valence-electron chi connectivity index (χ2n) is 5.09. The third-order valence-corrected chi connectivity index (χ3v) is 20.1. The van der Waals surface area contributed by atoms with Gasteiger partial charge in [-0.25, -0.2) is 0 Å². The van der Waals surface area contributed by atoms with Crippen molar-refractivity contribution in [1.82, 2.24) is 0 Å². The first-order chi connectivity index (χ1) is 6.29. The van der Waals surface area contributed by atoms with Gasteiger partial charge in [0.25, 0.3) is 5.97 Å². The average Bonchev–Trinajstić information content (AvgIpc) is 2.10. The van der Waals surface area contributed by atoms with E-state index >= 15 is 0 Å². The maximum absolute atomic E-state index is 6.13. The summed E-state index contributed by atoms with van der Waals surface area (Å²) < 4.78 is 16.9. The summed E-state index contributed by atoms with van der Waals surface area (Å²) in [5.74, 6) is -0.752. The number of hydrogen-bond acceptors (Lipinski definition) is 3. The summed E-state index contributed by atoms with van der Waals surface area (Å²) >= 11 is 0. The Hall–Kier alpha value is 0.314. The molecule has 1 fully saturated rings. The second kappa shape index (κ2) is 3.71. The van der Waals surface area contributed by atoms with Gasteiger partial charge in [0.15, 0.2) is 7.83 Å². The SMILES string of the molecule is COC1(OC)CC[Si](C)(C)[Si](C)(C)O1. The second-order valence-corrected chi connectivity index (χ2v) is 20.3. The van der Waals surface area contributed by atoms with E-state index in [9.17, 15) is 0 Å². The summed E-state index contributed by atoms with van der Waals surface area (Å²) in [6, 6.07) is 1.23. The van der Waals surface area contributed by atoms with E-state index < -0.39 is 21.4 Å². The molecule has 5 heteroatoms. The Labute approximate surface area is 88.7 Å². The number of methoxy groups -OCH3 is 2. The molecule has 1 aliphatic rings. The highest BCUT2D eigenvalue weighted by Crippen LogP contribution is 2.39. The van der Waals surface area contributed by atoms with Gasteiger partial charge in [-0.1, -0.05) is 13.1 Å². The lowest BCUT2D eigenvalue weighted by atomic mass is 10.4. The van der Waals surface area contributed by atoms with Crippen LogP contribution in [-0.2, 0) is 13.9 Å². The van der Waals surface area contributed by atoms with E-state index in [1.165, 1.54) is 6.04 Å². The van der Waals surface area contributed by atoms with Crippen molar-refractivity contribution in [2.45, 2.75) is 44.6 Å². The summed E-state index contributed by atoms with van der Waals surface area (Å²) in [7, 11) is 0.532. The van der Waals surface area contributed by atoms with Crippen molar-refractivity contribution < 1.29 is 13.9 Å². The van der Waals surface area contributed by atoms with Crippen molar-refractivity contribution in [2.24, 2.45) is 0 Å². The van der Waals surface area contributed by atoms with Crippen LogP contribution < -0.4 is 0 Å². The van der Waals surface area contributed by atoms with Crippen LogP contribution in [0.2, 0.25) is 32.2 Å². The average molecular weight is 234 g/mol. The van der Waals surface area contributed by atoms with Gasteiger partial charge in [0.05, 0.1) is 7.59 Å². The third kappa shape index (κ3) is 1.97. The van der Waals surface area contributed by atoms with Gasteiger partial charge in [0.2, 0.25) is 0 Å². The molecule has 1 saturated heterocycles. The van der Waals surface area contributed by atoms with Crippen LogP contribution in [0.5, 0.6) is 0 Å². The quantitative estimate of drug-likeness (QED) is 0.542. The molecule has 0 aromatic heterocycles. The Kier molecular flexibility index (Phi) is 3.29. The van der Waals surface area contributed by atoms with E-state index in [2.05, 4.69) is 26.2 Å². The molecule has 0 bridgehead atoms. The van der Waals surface area contributed by atoms with Crippen LogP contribution in [0.3, 0.4) is 0 Å². The zero-order valence-corrected chi connectivity index (χ0v) is 12.1. The molecular weight excluding hydrogens is 212 g/mol. The lowest BCUT2D eigenvalue weighted by molar-refractivity contribution is -0.329. The molecule has 0 spiro atoms. The molecule has 3 nitrogen and oxygen atoms in total. The maximum atomic E-state index is 6.13. The molecule has 1 aliphatic heterocycles. The minimum Gasteiger partial charge on any atom is -0.372 e. The molecule has 0 atom stereocenters. The molecule has 1 heterocycles. The molecule has 14 heavy (non-hydrogen) atoms. The largest absolute Gasteiger partial charge is 0.372 e. The van der Waals surface area contributed by atoms with Gasteiger partial charge in [-0.2, -0.15) is 0 Å². The van der Waals surface area contributed by atoms with Crippen molar-refractivity contribution in [1.29, 1.82) is 0 Å². The molecule has 0 amide bonds.